The molecule has 0 aromatic heterocycles. The van der Waals surface area contributed by atoms with Gasteiger partial charge in [-0.25, -0.2) is 33.7 Å². The summed E-state index contributed by atoms with van der Waals surface area (Å²) in [4.78, 5) is 4.07. The lowest BCUT2D eigenvalue weighted by atomic mass is 9.87. The van der Waals surface area contributed by atoms with Gasteiger partial charge in [-0.1, -0.05) is 19.3 Å². The summed E-state index contributed by atoms with van der Waals surface area (Å²) in [6, 6.07) is 0. The number of hydrogen-bond acceptors (Lipinski definition) is 11. The van der Waals surface area contributed by atoms with Crippen molar-refractivity contribution in [2.45, 2.75) is 82.9 Å². The minimum atomic E-state index is -2.88. The van der Waals surface area contributed by atoms with Crippen LogP contribution in [0.3, 0.4) is 0 Å². The second-order valence-electron chi connectivity index (χ2n) is 12.8. The fourth-order valence-electron chi connectivity index (χ4n) is 5.40. The van der Waals surface area contributed by atoms with Crippen molar-refractivity contribution in [1.29, 1.82) is 0 Å². The van der Waals surface area contributed by atoms with Gasteiger partial charge in [0.25, 0.3) is 0 Å². The summed E-state index contributed by atoms with van der Waals surface area (Å²) in [6.45, 7) is 7.00. The van der Waals surface area contributed by atoms with Crippen molar-refractivity contribution in [1.82, 2.24) is 9.80 Å². The third-order valence-corrected chi connectivity index (χ3v) is 12.6. The van der Waals surface area contributed by atoms with Crippen LogP contribution in [0, 0.1) is 11.8 Å². The molecule has 1 unspecified atom stereocenters. The van der Waals surface area contributed by atoms with Crippen LogP contribution in [0.2, 0.25) is 0 Å². The fraction of sp³-hybridized carbons (Fsp3) is 1.00. The molecule has 3 aliphatic heterocycles. The maximum atomic E-state index is 11.2. The predicted molar refractivity (Wildman–Crippen MR) is 175 cm³/mol. The van der Waals surface area contributed by atoms with Crippen molar-refractivity contribution in [3.63, 3.8) is 0 Å². The molecule has 4 aliphatic rings. The molecule has 0 spiro atoms. The van der Waals surface area contributed by atoms with Gasteiger partial charge in [-0.15, -0.1) is 0 Å². The number of nitrogens with zero attached hydrogens (tertiary/aromatic N) is 2. The average molecular weight is 695 g/mol. The van der Waals surface area contributed by atoms with E-state index in [2.05, 4.69) is 4.90 Å². The van der Waals surface area contributed by atoms with E-state index in [1.54, 1.807) is 6.92 Å². The lowest BCUT2D eigenvalue weighted by Gasteiger charge is -2.30. The lowest BCUT2D eigenvalue weighted by Crippen LogP contribution is -2.41. The number of rotatable bonds is 8. The molecule has 15 heteroatoms. The molecule has 258 valence electrons. The van der Waals surface area contributed by atoms with Gasteiger partial charge in [-0.3, -0.25) is 9.80 Å². The number of ether oxygens (including phenoxy) is 1. The Morgan fingerprint density at radius 3 is 1.35 bits per heavy atom. The van der Waals surface area contributed by atoms with Gasteiger partial charge in [0.1, 0.15) is 30.9 Å². The van der Waals surface area contributed by atoms with Gasteiger partial charge in [0.05, 0.1) is 11.5 Å². The van der Waals surface area contributed by atoms with Crippen LogP contribution in [-0.2, 0) is 44.1 Å². The highest BCUT2D eigenvalue weighted by Gasteiger charge is 2.24. The van der Waals surface area contributed by atoms with Crippen molar-refractivity contribution in [3.8, 4) is 0 Å². The molecule has 1 aliphatic carbocycles. The van der Waals surface area contributed by atoms with Gasteiger partial charge in [0, 0.05) is 38.2 Å². The highest BCUT2D eigenvalue weighted by molar-refractivity contribution is 7.91. The molecule has 4 rings (SSSR count). The standard InChI is InChI=1S/C8H17NO2S.C7H15NO2S.C7H14O3S.C6H12O2S/c1-8(12(2,10)11)9-6-4-3-5-7-9;1-11(9,10)7-8-5-3-2-4-6-8;1-11(8,9)6-7-2-4-10-5-3-7;1-9(7,8)5-6-3-2-4-6/h8H,3-7H2,1-2H3;2-7H2,1H3;7H,2-6H2,1H3;6H,2-5H2,1H3. The summed E-state index contributed by atoms with van der Waals surface area (Å²) in [5.74, 6) is 1.80. The highest BCUT2D eigenvalue weighted by Crippen LogP contribution is 2.27. The van der Waals surface area contributed by atoms with E-state index in [0.29, 0.717) is 23.3 Å². The molecule has 3 heterocycles. The normalized spacial score (nSPS) is 22.3. The average Bonchev–Trinajstić information content (AvgIpc) is 2.86. The summed E-state index contributed by atoms with van der Waals surface area (Å²) in [5.41, 5.74) is 0. The molecule has 43 heavy (non-hydrogen) atoms. The van der Waals surface area contributed by atoms with Crippen molar-refractivity contribution in [3.05, 3.63) is 0 Å². The summed E-state index contributed by atoms with van der Waals surface area (Å²) >= 11 is 0. The molecule has 0 radical (unpaired) electrons. The molecule has 4 fully saturated rings. The van der Waals surface area contributed by atoms with Gasteiger partial charge < -0.3 is 4.74 Å². The molecule has 1 saturated carbocycles. The Morgan fingerprint density at radius 2 is 1.00 bits per heavy atom. The minimum absolute atomic E-state index is 0.243. The number of likely N-dealkylation sites (tertiary alicyclic amines) is 2. The van der Waals surface area contributed by atoms with Gasteiger partial charge in [-0.05, 0) is 96.3 Å². The van der Waals surface area contributed by atoms with Crippen LogP contribution in [0.4, 0.5) is 0 Å². The molecule has 0 N–H and O–H groups in total. The summed E-state index contributed by atoms with van der Waals surface area (Å²) in [7, 11) is -11.1. The number of hydrogen-bond donors (Lipinski definition) is 0. The topological polar surface area (TPSA) is 152 Å². The molecule has 0 aromatic rings. The Bertz CT molecular complexity index is 1150. The van der Waals surface area contributed by atoms with E-state index in [1.165, 1.54) is 44.3 Å². The summed E-state index contributed by atoms with van der Waals surface area (Å²) < 4.78 is 92.2. The smallest absolute Gasteiger partial charge is 0.163 e. The van der Waals surface area contributed by atoms with E-state index in [0.717, 1.165) is 90.8 Å². The molecule has 11 nitrogen and oxygen atoms in total. The Morgan fingerprint density at radius 1 is 0.581 bits per heavy atom. The quantitative estimate of drug-likeness (QED) is 0.369. The van der Waals surface area contributed by atoms with Crippen LogP contribution in [0.15, 0.2) is 0 Å². The van der Waals surface area contributed by atoms with Crippen LogP contribution >= 0.6 is 0 Å². The van der Waals surface area contributed by atoms with E-state index in [1.807, 2.05) is 4.90 Å². The van der Waals surface area contributed by atoms with Crippen LogP contribution in [-0.4, -0.2) is 131 Å². The maximum absolute atomic E-state index is 11.2. The number of piperidine rings is 2. The third kappa shape index (κ3) is 21.9. The monoisotopic (exact) mass is 694 g/mol. The largest absolute Gasteiger partial charge is 0.381 e. The van der Waals surface area contributed by atoms with E-state index >= 15 is 0 Å². The molecule has 3 saturated heterocycles. The first kappa shape index (κ1) is 40.7. The zero-order valence-electron chi connectivity index (χ0n) is 27.1. The SMILES string of the molecule is CC(N1CCCCC1)S(C)(=O)=O.CS(=O)(=O)CC1CCC1.CS(=O)(=O)CC1CCOCC1.CS(=O)(=O)CN1CCCCC1. The van der Waals surface area contributed by atoms with Gasteiger partial charge in [0.15, 0.2) is 19.7 Å². The molecular formula is C28H58N2O9S4. The predicted octanol–water partition coefficient (Wildman–Crippen LogP) is 2.63. The van der Waals surface area contributed by atoms with Crippen molar-refractivity contribution in [2.24, 2.45) is 11.8 Å². The van der Waals surface area contributed by atoms with Crippen LogP contribution in [0.5, 0.6) is 0 Å². The van der Waals surface area contributed by atoms with Crippen molar-refractivity contribution >= 4 is 39.3 Å². The first-order chi connectivity index (χ1) is 19.8. The molecule has 0 bridgehead atoms. The molecular weight excluding hydrogens is 637 g/mol. The van der Waals surface area contributed by atoms with Crippen molar-refractivity contribution in [2.75, 3.05) is 81.8 Å². The van der Waals surface area contributed by atoms with Gasteiger partial charge in [0.2, 0.25) is 0 Å². The van der Waals surface area contributed by atoms with Crippen LogP contribution in [0.1, 0.15) is 77.6 Å². The fourth-order valence-corrected chi connectivity index (χ4v) is 9.45. The second-order valence-corrected chi connectivity index (χ2v) is 21.6. The van der Waals surface area contributed by atoms with Crippen molar-refractivity contribution < 1.29 is 38.4 Å². The minimum Gasteiger partial charge on any atom is -0.381 e. The van der Waals surface area contributed by atoms with E-state index in [4.69, 9.17) is 4.74 Å². The Hall–Kier alpha value is -0.320. The molecule has 0 amide bonds. The zero-order valence-corrected chi connectivity index (χ0v) is 30.3. The van der Waals surface area contributed by atoms with Crippen LogP contribution in [0.25, 0.3) is 0 Å². The highest BCUT2D eigenvalue weighted by atomic mass is 32.2. The van der Waals surface area contributed by atoms with E-state index in [-0.39, 0.29) is 11.3 Å². The molecule has 1 atom stereocenters. The Kier molecular flexibility index (Phi) is 18.3. The first-order valence-corrected chi connectivity index (χ1v) is 23.6. The molecule has 0 aromatic carbocycles. The number of sulfone groups is 4. The summed E-state index contributed by atoms with van der Waals surface area (Å²) in [5, 5.41) is -0.294. The Labute approximate surface area is 263 Å². The maximum Gasteiger partial charge on any atom is 0.163 e. The van der Waals surface area contributed by atoms with E-state index in [9.17, 15) is 33.7 Å². The van der Waals surface area contributed by atoms with Crippen LogP contribution < -0.4 is 0 Å². The second kappa shape index (κ2) is 19.4. The first-order valence-electron chi connectivity index (χ1n) is 15.5. The Balaban J connectivity index is 0.000000288. The van der Waals surface area contributed by atoms with E-state index < -0.39 is 39.3 Å². The van der Waals surface area contributed by atoms with Gasteiger partial charge >= 0.3 is 0 Å². The summed E-state index contributed by atoms with van der Waals surface area (Å²) in [6.07, 6.45) is 17.5. The van der Waals surface area contributed by atoms with Gasteiger partial charge in [-0.2, -0.15) is 0 Å². The zero-order chi connectivity index (χ0) is 32.7. The third-order valence-electron chi connectivity index (χ3n) is 8.03. The lowest BCUT2D eigenvalue weighted by molar-refractivity contribution is 0.0724.